The molecule has 1 aliphatic rings. The monoisotopic (exact) mass is 315 g/mol. The number of nitrogens with one attached hydrogen (secondary N) is 1. The van der Waals surface area contributed by atoms with Gasteiger partial charge in [-0.15, -0.1) is 0 Å². The van der Waals surface area contributed by atoms with Gasteiger partial charge in [-0.2, -0.15) is 0 Å². The number of benzene rings is 1. The van der Waals surface area contributed by atoms with Crippen molar-refractivity contribution in [2.24, 2.45) is 0 Å². The number of aryl methyl sites for hydroxylation is 2. The van der Waals surface area contributed by atoms with Crippen molar-refractivity contribution in [3.8, 4) is 0 Å². The van der Waals surface area contributed by atoms with Crippen molar-refractivity contribution in [2.75, 3.05) is 11.1 Å². The smallest absolute Gasteiger partial charge is 0.254 e. The summed E-state index contributed by atoms with van der Waals surface area (Å²) >= 11 is 1.52. The van der Waals surface area contributed by atoms with Crippen LogP contribution in [0.1, 0.15) is 23.6 Å². The van der Waals surface area contributed by atoms with Gasteiger partial charge in [0.2, 0.25) is 5.91 Å². The molecule has 0 saturated carbocycles. The fraction of sp³-hybridized carbons (Fsp3) is 0.312. The largest absolute Gasteiger partial charge is 0.326 e. The quantitative estimate of drug-likeness (QED) is 0.884. The van der Waals surface area contributed by atoms with E-state index < -0.39 is 0 Å². The molecule has 5 nitrogen and oxygen atoms in total. The van der Waals surface area contributed by atoms with Gasteiger partial charge in [-0.1, -0.05) is 30.0 Å². The maximum atomic E-state index is 12.3. The number of amides is 1. The van der Waals surface area contributed by atoms with Gasteiger partial charge in [0.1, 0.15) is 0 Å². The van der Waals surface area contributed by atoms with Gasteiger partial charge in [-0.3, -0.25) is 14.2 Å². The second-order valence-electron chi connectivity index (χ2n) is 5.42. The third-order valence-corrected chi connectivity index (χ3v) is 4.89. The number of rotatable bonds is 3. The topological polar surface area (TPSA) is 64.0 Å². The number of anilines is 1. The van der Waals surface area contributed by atoms with E-state index in [1.165, 1.54) is 24.0 Å². The Kier molecular flexibility index (Phi) is 4.02. The molecule has 0 radical (unpaired) electrons. The van der Waals surface area contributed by atoms with Crippen molar-refractivity contribution >= 4 is 23.4 Å². The lowest BCUT2D eigenvalue weighted by Gasteiger charge is -2.15. The maximum Gasteiger partial charge on any atom is 0.254 e. The molecule has 1 aliphatic heterocycles. The van der Waals surface area contributed by atoms with Crippen LogP contribution < -0.4 is 10.9 Å². The number of carbonyl (C=O) groups excluding carboxylic acids is 1. The Morgan fingerprint density at radius 1 is 1.36 bits per heavy atom. The van der Waals surface area contributed by atoms with Crippen LogP contribution in [0.5, 0.6) is 0 Å². The van der Waals surface area contributed by atoms with Crippen molar-refractivity contribution < 1.29 is 4.79 Å². The number of nitrogens with zero attached hydrogens (tertiary/aromatic N) is 2. The van der Waals surface area contributed by atoms with Crippen molar-refractivity contribution in [2.45, 2.75) is 31.5 Å². The molecule has 1 amide bonds. The highest BCUT2D eigenvalue weighted by molar-refractivity contribution is 7.99. The molecule has 6 heteroatoms. The van der Waals surface area contributed by atoms with Gasteiger partial charge in [-0.05, 0) is 25.0 Å². The summed E-state index contributed by atoms with van der Waals surface area (Å²) < 4.78 is 1.62. The highest BCUT2D eigenvalue weighted by atomic mass is 32.2. The second-order valence-corrected chi connectivity index (χ2v) is 6.41. The van der Waals surface area contributed by atoms with Gasteiger partial charge in [0.05, 0.1) is 6.04 Å². The minimum absolute atomic E-state index is 0.0772. The molecule has 0 unspecified atom stereocenters. The third kappa shape index (κ3) is 2.78. The summed E-state index contributed by atoms with van der Waals surface area (Å²) in [5, 5.41) is 3.66. The van der Waals surface area contributed by atoms with Crippen LogP contribution >= 0.6 is 11.8 Å². The Labute approximate surface area is 132 Å². The number of carbonyl (C=O) groups is 1. The zero-order valence-corrected chi connectivity index (χ0v) is 13.3. The summed E-state index contributed by atoms with van der Waals surface area (Å²) in [6.45, 7) is 3.94. The summed E-state index contributed by atoms with van der Waals surface area (Å²) in [4.78, 5) is 28.5. The number of hydrogen-bond acceptors (Lipinski definition) is 4. The average Bonchev–Trinajstić information content (AvgIpc) is 2.87. The fourth-order valence-corrected chi connectivity index (χ4v) is 3.78. The van der Waals surface area contributed by atoms with E-state index in [4.69, 9.17) is 0 Å². The van der Waals surface area contributed by atoms with Gasteiger partial charge in [-0.25, -0.2) is 4.98 Å². The third-order valence-electron chi connectivity index (χ3n) is 3.78. The van der Waals surface area contributed by atoms with E-state index in [1.807, 2.05) is 32.0 Å². The van der Waals surface area contributed by atoms with Crippen molar-refractivity contribution in [3.05, 3.63) is 51.9 Å². The molecule has 1 aromatic heterocycles. The molecule has 3 rings (SSSR count). The average molecular weight is 315 g/mol. The van der Waals surface area contributed by atoms with Gasteiger partial charge in [0.15, 0.2) is 5.16 Å². The van der Waals surface area contributed by atoms with E-state index in [1.54, 1.807) is 4.57 Å². The summed E-state index contributed by atoms with van der Waals surface area (Å²) in [7, 11) is 0. The first kappa shape index (κ1) is 14.8. The van der Waals surface area contributed by atoms with Crippen molar-refractivity contribution in [3.63, 3.8) is 0 Å². The number of thioether (sulfide) groups is 1. The molecule has 114 valence electrons. The van der Waals surface area contributed by atoms with E-state index in [-0.39, 0.29) is 23.9 Å². The maximum absolute atomic E-state index is 12.3. The number of hydrogen-bond donors (Lipinski definition) is 1. The zero-order chi connectivity index (χ0) is 15.7. The Balaban J connectivity index is 1.76. The highest BCUT2D eigenvalue weighted by Gasteiger charge is 2.26. The summed E-state index contributed by atoms with van der Waals surface area (Å²) in [6, 6.07) is 7.21. The van der Waals surface area contributed by atoms with Crippen LogP contribution in [0.3, 0.4) is 0 Å². The van der Waals surface area contributed by atoms with E-state index >= 15 is 0 Å². The molecular formula is C16H17N3O2S. The van der Waals surface area contributed by atoms with Crippen LogP contribution in [-0.2, 0) is 4.79 Å². The predicted molar refractivity (Wildman–Crippen MR) is 87.4 cm³/mol. The van der Waals surface area contributed by atoms with Gasteiger partial charge in [0.25, 0.3) is 5.56 Å². The first-order valence-electron chi connectivity index (χ1n) is 7.12. The normalized spacial score (nSPS) is 16.4. The number of para-hydroxylation sites is 1. The minimum Gasteiger partial charge on any atom is -0.326 e. The molecule has 0 saturated heterocycles. The molecule has 2 heterocycles. The lowest BCUT2D eigenvalue weighted by atomic mass is 10.1. The van der Waals surface area contributed by atoms with E-state index in [2.05, 4.69) is 10.3 Å². The molecule has 0 bridgehead atoms. The lowest BCUT2D eigenvalue weighted by molar-refractivity contribution is -0.116. The molecule has 0 fully saturated rings. The van der Waals surface area contributed by atoms with Gasteiger partial charge >= 0.3 is 0 Å². The summed E-state index contributed by atoms with van der Waals surface area (Å²) in [5.74, 6) is 0.624. The first-order chi connectivity index (χ1) is 10.6. The number of fused-ring (bicyclic) bond motifs is 1. The first-order valence-corrected chi connectivity index (χ1v) is 8.11. The molecule has 1 N–H and O–H groups in total. The molecule has 1 atom stereocenters. The Bertz CT molecular complexity index is 765. The van der Waals surface area contributed by atoms with Crippen LogP contribution in [0.4, 0.5) is 5.69 Å². The van der Waals surface area contributed by atoms with Crippen LogP contribution in [0, 0.1) is 13.8 Å². The summed E-state index contributed by atoms with van der Waals surface area (Å²) in [6.07, 6.45) is 1.79. The van der Waals surface area contributed by atoms with E-state index in [9.17, 15) is 9.59 Å². The second kappa shape index (κ2) is 5.96. The van der Waals surface area contributed by atoms with Crippen LogP contribution in [0.15, 0.2) is 40.4 Å². The summed E-state index contributed by atoms with van der Waals surface area (Å²) in [5.41, 5.74) is 2.83. The molecule has 22 heavy (non-hydrogen) atoms. The molecular weight excluding hydrogens is 298 g/mol. The Morgan fingerprint density at radius 3 is 2.82 bits per heavy atom. The van der Waals surface area contributed by atoms with Crippen LogP contribution in [-0.4, -0.2) is 21.2 Å². The highest BCUT2D eigenvalue weighted by Crippen LogP contribution is 2.32. The molecule has 1 aromatic carbocycles. The molecule has 0 aliphatic carbocycles. The number of aromatic nitrogens is 2. The van der Waals surface area contributed by atoms with E-state index in [0.29, 0.717) is 10.9 Å². The van der Waals surface area contributed by atoms with Gasteiger partial charge in [0, 0.05) is 30.1 Å². The zero-order valence-electron chi connectivity index (χ0n) is 12.5. The van der Waals surface area contributed by atoms with Crippen LogP contribution in [0.25, 0.3) is 0 Å². The minimum atomic E-state index is -0.134. The Morgan fingerprint density at radius 2 is 2.09 bits per heavy atom. The van der Waals surface area contributed by atoms with E-state index in [0.717, 1.165) is 16.8 Å². The molecule has 2 aromatic rings. The molecule has 0 spiro atoms. The Hall–Kier alpha value is -2.08. The fourth-order valence-electron chi connectivity index (χ4n) is 2.66. The van der Waals surface area contributed by atoms with Crippen LogP contribution in [0.2, 0.25) is 0 Å². The van der Waals surface area contributed by atoms with Crippen molar-refractivity contribution in [1.29, 1.82) is 0 Å². The van der Waals surface area contributed by atoms with Gasteiger partial charge < -0.3 is 5.32 Å². The van der Waals surface area contributed by atoms with Crippen molar-refractivity contribution in [1.82, 2.24) is 9.55 Å². The standard InChI is InChI=1S/C16H17N3O2S/c1-10-4-3-5-11(2)15(10)18-13(20)8-12-9-22-16-17-7-6-14(21)19(12)16/h3-7,12H,8-9H2,1-2H3,(H,18,20)/t12-/m1/s1. The SMILES string of the molecule is Cc1cccc(C)c1NC(=O)C[C@@H]1CSc2nccc(=O)n21. The predicted octanol–water partition coefficient (Wildman–Crippen LogP) is 2.54. The lowest BCUT2D eigenvalue weighted by Crippen LogP contribution is -2.27.